The summed E-state index contributed by atoms with van der Waals surface area (Å²) < 4.78 is 14.3. The van der Waals surface area contributed by atoms with Crippen LogP contribution in [-0.4, -0.2) is 50.2 Å². The van der Waals surface area contributed by atoms with E-state index in [1.807, 2.05) is 11.9 Å². The van der Waals surface area contributed by atoms with Gasteiger partial charge in [-0.25, -0.2) is 9.37 Å². The van der Waals surface area contributed by atoms with Gasteiger partial charge in [-0.15, -0.1) is 0 Å². The maximum Gasteiger partial charge on any atom is 0.170 e. The van der Waals surface area contributed by atoms with Crippen molar-refractivity contribution in [3.8, 4) is 0 Å². The summed E-state index contributed by atoms with van der Waals surface area (Å²) in [7, 11) is 5.95. The van der Waals surface area contributed by atoms with E-state index in [0.29, 0.717) is 24.0 Å². The maximum absolute atomic E-state index is 14.3. The number of nitrogens with zero attached hydrogens (tertiary/aromatic N) is 3. The van der Waals surface area contributed by atoms with E-state index >= 15 is 0 Å². The number of anilines is 1. The van der Waals surface area contributed by atoms with Crippen molar-refractivity contribution in [2.45, 2.75) is 19.0 Å². The number of halogens is 1. The molecule has 5 heteroatoms. The molecule has 2 heterocycles. The summed E-state index contributed by atoms with van der Waals surface area (Å²) in [5.41, 5.74) is 0.677. The van der Waals surface area contributed by atoms with Gasteiger partial charge in [0.2, 0.25) is 0 Å². The van der Waals surface area contributed by atoms with Crippen LogP contribution in [-0.2, 0) is 6.54 Å². The Morgan fingerprint density at radius 2 is 2.33 bits per heavy atom. The van der Waals surface area contributed by atoms with Gasteiger partial charge >= 0.3 is 0 Å². The minimum Gasteiger partial charge on any atom is -0.353 e. The van der Waals surface area contributed by atoms with Crippen molar-refractivity contribution in [2.75, 3.05) is 39.1 Å². The summed E-state index contributed by atoms with van der Waals surface area (Å²) in [4.78, 5) is 8.43. The highest BCUT2D eigenvalue weighted by Gasteiger charge is 2.27. The van der Waals surface area contributed by atoms with Crippen LogP contribution in [0.25, 0.3) is 0 Å². The third-order valence-corrected chi connectivity index (χ3v) is 3.51. The molecular formula is C13H21FN4. The Morgan fingerprint density at radius 1 is 1.56 bits per heavy atom. The molecule has 0 radical (unpaired) electrons. The van der Waals surface area contributed by atoms with Gasteiger partial charge in [-0.2, -0.15) is 0 Å². The molecule has 0 saturated carbocycles. The number of hydrogen-bond donors (Lipinski definition) is 1. The Bertz CT molecular complexity index is 408. The quantitative estimate of drug-likeness (QED) is 0.869. The van der Waals surface area contributed by atoms with E-state index in [0.717, 1.165) is 19.5 Å². The van der Waals surface area contributed by atoms with Crippen molar-refractivity contribution in [2.24, 2.45) is 0 Å². The van der Waals surface area contributed by atoms with Crippen LogP contribution in [0.3, 0.4) is 0 Å². The van der Waals surface area contributed by atoms with Gasteiger partial charge in [0.25, 0.3) is 0 Å². The largest absolute Gasteiger partial charge is 0.353 e. The maximum atomic E-state index is 14.3. The summed E-state index contributed by atoms with van der Waals surface area (Å²) in [6.07, 6.45) is 2.75. The average Bonchev–Trinajstić information content (AvgIpc) is 2.81. The zero-order valence-electron chi connectivity index (χ0n) is 11.3. The van der Waals surface area contributed by atoms with E-state index in [1.165, 1.54) is 0 Å². The first-order valence-electron chi connectivity index (χ1n) is 6.33. The Balaban J connectivity index is 2.17. The average molecular weight is 252 g/mol. The highest BCUT2D eigenvalue weighted by molar-refractivity contribution is 5.44. The molecule has 1 aliphatic rings. The first-order valence-corrected chi connectivity index (χ1v) is 6.33. The van der Waals surface area contributed by atoms with Crippen LogP contribution >= 0.6 is 0 Å². The van der Waals surface area contributed by atoms with Crippen LogP contribution in [0, 0.1) is 5.82 Å². The SMILES string of the molecule is CNCc1ccnc(N2CCC(N(C)C)C2)c1F. The number of pyridine rings is 1. The van der Waals surface area contributed by atoms with E-state index in [1.54, 1.807) is 12.3 Å². The standard InChI is InChI=1S/C13H21FN4/c1-15-8-10-4-6-16-13(12(10)14)18-7-5-11(9-18)17(2)3/h4,6,11,15H,5,7-9H2,1-3H3. The fraction of sp³-hybridized carbons (Fsp3) is 0.615. The fourth-order valence-corrected chi connectivity index (χ4v) is 2.37. The van der Waals surface area contributed by atoms with E-state index in [-0.39, 0.29) is 5.82 Å². The molecule has 100 valence electrons. The molecule has 0 spiro atoms. The molecule has 1 aromatic rings. The third kappa shape index (κ3) is 2.62. The normalized spacial score (nSPS) is 19.8. The lowest BCUT2D eigenvalue weighted by molar-refractivity contribution is 0.315. The monoisotopic (exact) mass is 252 g/mol. The molecule has 1 saturated heterocycles. The van der Waals surface area contributed by atoms with E-state index in [9.17, 15) is 4.39 Å². The van der Waals surface area contributed by atoms with Crippen molar-refractivity contribution in [3.63, 3.8) is 0 Å². The van der Waals surface area contributed by atoms with Gasteiger partial charge in [0.1, 0.15) is 0 Å². The Morgan fingerprint density at radius 3 is 2.94 bits per heavy atom. The van der Waals surface area contributed by atoms with Crippen LogP contribution in [0.4, 0.5) is 10.2 Å². The number of hydrogen-bond acceptors (Lipinski definition) is 4. The van der Waals surface area contributed by atoms with E-state index in [4.69, 9.17) is 0 Å². The molecule has 0 amide bonds. The third-order valence-electron chi connectivity index (χ3n) is 3.51. The van der Waals surface area contributed by atoms with Crippen LogP contribution in [0.5, 0.6) is 0 Å². The number of aromatic nitrogens is 1. The number of likely N-dealkylation sites (N-methyl/N-ethyl adjacent to an activating group) is 1. The first-order chi connectivity index (χ1) is 8.63. The van der Waals surface area contributed by atoms with E-state index < -0.39 is 0 Å². The molecule has 1 N–H and O–H groups in total. The number of nitrogens with one attached hydrogen (secondary N) is 1. The van der Waals surface area contributed by atoms with Gasteiger partial charge < -0.3 is 15.1 Å². The molecule has 0 aromatic carbocycles. The van der Waals surface area contributed by atoms with Gasteiger partial charge in [0, 0.05) is 37.4 Å². The lowest BCUT2D eigenvalue weighted by atomic mass is 10.2. The molecule has 0 aliphatic carbocycles. The highest BCUT2D eigenvalue weighted by atomic mass is 19.1. The Hall–Kier alpha value is -1.20. The second-order valence-electron chi connectivity index (χ2n) is 4.99. The van der Waals surface area contributed by atoms with Gasteiger partial charge in [0.05, 0.1) is 0 Å². The van der Waals surface area contributed by atoms with Crippen molar-refractivity contribution in [1.82, 2.24) is 15.2 Å². The zero-order chi connectivity index (χ0) is 13.1. The Labute approximate surface area is 108 Å². The lowest BCUT2D eigenvalue weighted by Crippen LogP contribution is -2.32. The predicted molar refractivity (Wildman–Crippen MR) is 71.3 cm³/mol. The summed E-state index contributed by atoms with van der Waals surface area (Å²) in [6.45, 7) is 2.25. The molecule has 1 unspecified atom stereocenters. The summed E-state index contributed by atoms with van der Waals surface area (Å²) in [6, 6.07) is 2.22. The lowest BCUT2D eigenvalue weighted by Gasteiger charge is -2.22. The smallest absolute Gasteiger partial charge is 0.170 e. The zero-order valence-corrected chi connectivity index (χ0v) is 11.3. The molecular weight excluding hydrogens is 231 g/mol. The molecule has 1 aliphatic heterocycles. The van der Waals surface area contributed by atoms with Gasteiger partial charge in [-0.1, -0.05) is 0 Å². The fourth-order valence-electron chi connectivity index (χ4n) is 2.37. The second kappa shape index (κ2) is 5.63. The number of rotatable bonds is 4. The first kappa shape index (κ1) is 13.2. The van der Waals surface area contributed by atoms with Crippen molar-refractivity contribution < 1.29 is 4.39 Å². The van der Waals surface area contributed by atoms with Crippen LogP contribution < -0.4 is 10.2 Å². The molecule has 4 nitrogen and oxygen atoms in total. The van der Waals surface area contributed by atoms with Crippen molar-refractivity contribution in [3.05, 3.63) is 23.6 Å². The molecule has 1 aromatic heterocycles. The molecule has 1 fully saturated rings. The van der Waals surface area contributed by atoms with Crippen LogP contribution in [0.2, 0.25) is 0 Å². The van der Waals surface area contributed by atoms with Gasteiger partial charge in [-0.3, -0.25) is 0 Å². The Kier molecular flexibility index (Phi) is 4.14. The summed E-state index contributed by atoms with van der Waals surface area (Å²) in [5, 5.41) is 2.98. The molecule has 18 heavy (non-hydrogen) atoms. The summed E-state index contributed by atoms with van der Waals surface area (Å²) in [5.74, 6) is 0.304. The molecule has 2 rings (SSSR count). The minimum absolute atomic E-state index is 0.189. The topological polar surface area (TPSA) is 31.4 Å². The van der Waals surface area contributed by atoms with Crippen LogP contribution in [0.1, 0.15) is 12.0 Å². The second-order valence-corrected chi connectivity index (χ2v) is 4.99. The highest BCUT2D eigenvalue weighted by Crippen LogP contribution is 2.24. The summed E-state index contributed by atoms with van der Waals surface area (Å²) >= 11 is 0. The van der Waals surface area contributed by atoms with E-state index in [2.05, 4.69) is 29.3 Å². The molecule has 1 atom stereocenters. The van der Waals surface area contributed by atoms with Crippen molar-refractivity contribution in [1.29, 1.82) is 0 Å². The predicted octanol–water partition coefficient (Wildman–Crippen LogP) is 1.08. The minimum atomic E-state index is -0.189. The van der Waals surface area contributed by atoms with Gasteiger partial charge in [0.15, 0.2) is 11.6 Å². The van der Waals surface area contributed by atoms with Crippen LogP contribution in [0.15, 0.2) is 12.3 Å². The van der Waals surface area contributed by atoms with Crippen molar-refractivity contribution >= 4 is 5.82 Å². The molecule has 0 bridgehead atoms. The van der Waals surface area contributed by atoms with Gasteiger partial charge in [-0.05, 0) is 33.6 Å².